The second kappa shape index (κ2) is 7.61. The van der Waals surface area contributed by atoms with Gasteiger partial charge in [0.05, 0.1) is 0 Å². The molecular formula is C18H14O5. The Bertz CT molecular complexity index is 680. The Morgan fingerprint density at radius 1 is 0.696 bits per heavy atom. The molecule has 23 heavy (non-hydrogen) atoms. The van der Waals surface area contributed by atoms with Crippen LogP contribution in [0.2, 0.25) is 0 Å². The summed E-state index contributed by atoms with van der Waals surface area (Å²) in [7, 11) is 0. The molecule has 0 atom stereocenters. The highest BCUT2D eigenvalue weighted by Crippen LogP contribution is 2.15. The fourth-order valence-electron chi connectivity index (χ4n) is 1.79. The van der Waals surface area contributed by atoms with Crippen LogP contribution >= 0.6 is 0 Å². The first kappa shape index (κ1) is 16.0. The molecule has 2 aromatic rings. The molecule has 0 fully saturated rings. The van der Waals surface area contributed by atoms with E-state index in [1.807, 2.05) is 0 Å². The van der Waals surface area contributed by atoms with Gasteiger partial charge in [-0.15, -0.1) is 0 Å². The molecule has 0 aromatic heterocycles. The van der Waals surface area contributed by atoms with Gasteiger partial charge in [0.2, 0.25) is 11.5 Å². The summed E-state index contributed by atoms with van der Waals surface area (Å²) in [4.78, 5) is 22.6. The molecule has 2 aromatic carbocycles. The van der Waals surface area contributed by atoms with E-state index in [2.05, 4.69) is 0 Å². The SMILES string of the molecule is O=C(O)C(=Cc1ccccc1)OC(=Cc1ccccc1)C(=O)O. The minimum absolute atomic E-state index is 0.471. The third-order valence-electron chi connectivity index (χ3n) is 2.84. The highest BCUT2D eigenvalue weighted by atomic mass is 16.5. The van der Waals surface area contributed by atoms with Gasteiger partial charge in [-0.2, -0.15) is 0 Å². The molecule has 0 unspecified atom stereocenters. The highest BCUT2D eigenvalue weighted by Gasteiger charge is 2.17. The van der Waals surface area contributed by atoms with E-state index in [-0.39, 0.29) is 0 Å². The molecule has 0 aliphatic heterocycles. The molecule has 0 saturated heterocycles. The third-order valence-corrected chi connectivity index (χ3v) is 2.84. The van der Waals surface area contributed by atoms with Crippen molar-refractivity contribution in [2.75, 3.05) is 0 Å². The molecule has 0 bridgehead atoms. The molecule has 5 nitrogen and oxygen atoms in total. The molecule has 2 N–H and O–H groups in total. The molecule has 0 aliphatic rings. The first-order chi connectivity index (χ1) is 11.1. The van der Waals surface area contributed by atoms with Gasteiger partial charge < -0.3 is 14.9 Å². The molecule has 0 saturated carbocycles. The van der Waals surface area contributed by atoms with Crippen LogP contribution in [0.3, 0.4) is 0 Å². The van der Waals surface area contributed by atoms with Crippen LogP contribution in [0.5, 0.6) is 0 Å². The molecule has 0 heterocycles. The van der Waals surface area contributed by atoms with E-state index in [9.17, 15) is 19.8 Å². The summed E-state index contributed by atoms with van der Waals surface area (Å²) in [6.45, 7) is 0. The van der Waals surface area contributed by atoms with Crippen LogP contribution in [-0.4, -0.2) is 22.2 Å². The van der Waals surface area contributed by atoms with Gasteiger partial charge in [-0.25, -0.2) is 9.59 Å². The number of hydrogen-bond acceptors (Lipinski definition) is 3. The van der Waals surface area contributed by atoms with E-state index in [4.69, 9.17) is 4.74 Å². The maximum absolute atomic E-state index is 11.3. The average molecular weight is 310 g/mol. The van der Waals surface area contributed by atoms with E-state index in [0.717, 1.165) is 0 Å². The van der Waals surface area contributed by atoms with Crippen LogP contribution in [0.4, 0.5) is 0 Å². The van der Waals surface area contributed by atoms with Crippen molar-refractivity contribution in [3.63, 3.8) is 0 Å². The summed E-state index contributed by atoms with van der Waals surface area (Å²) in [5.74, 6) is -3.65. The van der Waals surface area contributed by atoms with Crippen molar-refractivity contribution in [3.05, 3.63) is 83.3 Å². The first-order valence-corrected chi connectivity index (χ1v) is 6.74. The predicted molar refractivity (Wildman–Crippen MR) is 85.2 cm³/mol. The molecule has 0 radical (unpaired) electrons. The fraction of sp³-hybridized carbons (Fsp3) is 0. The number of carboxylic acid groups (broad SMARTS) is 2. The molecule has 2 rings (SSSR count). The van der Waals surface area contributed by atoms with Crippen molar-refractivity contribution in [2.24, 2.45) is 0 Å². The average Bonchev–Trinajstić information content (AvgIpc) is 2.55. The van der Waals surface area contributed by atoms with Gasteiger partial charge in [-0.1, -0.05) is 60.7 Å². The Hall–Kier alpha value is -3.34. The van der Waals surface area contributed by atoms with Crippen LogP contribution in [0.25, 0.3) is 12.2 Å². The molecular weight excluding hydrogens is 296 g/mol. The molecule has 0 amide bonds. The van der Waals surface area contributed by atoms with Crippen LogP contribution in [0.15, 0.2) is 72.2 Å². The van der Waals surface area contributed by atoms with E-state index >= 15 is 0 Å². The summed E-state index contributed by atoms with van der Waals surface area (Å²) in [5.41, 5.74) is 1.18. The number of carboxylic acids is 2. The largest absolute Gasteiger partial charge is 0.475 e. The maximum Gasteiger partial charge on any atom is 0.371 e. The number of benzene rings is 2. The van der Waals surface area contributed by atoms with Crippen LogP contribution < -0.4 is 0 Å². The zero-order chi connectivity index (χ0) is 16.7. The van der Waals surface area contributed by atoms with Gasteiger partial charge in [0.1, 0.15) is 0 Å². The topological polar surface area (TPSA) is 83.8 Å². The third kappa shape index (κ3) is 4.86. The molecule has 5 heteroatoms. The van der Waals surface area contributed by atoms with E-state index in [0.29, 0.717) is 11.1 Å². The number of carbonyl (C=O) groups is 2. The lowest BCUT2D eigenvalue weighted by Crippen LogP contribution is -2.10. The van der Waals surface area contributed by atoms with Crippen molar-refractivity contribution < 1.29 is 24.5 Å². The van der Waals surface area contributed by atoms with Gasteiger partial charge in [0.15, 0.2) is 0 Å². The lowest BCUT2D eigenvalue weighted by molar-refractivity contribution is -0.138. The van der Waals surface area contributed by atoms with Crippen molar-refractivity contribution >= 4 is 24.1 Å². The second-order valence-corrected chi connectivity index (χ2v) is 4.55. The summed E-state index contributed by atoms with van der Waals surface area (Å²) in [5, 5.41) is 18.4. The standard InChI is InChI=1S/C18H14O5/c19-17(20)15(11-13-7-3-1-4-8-13)23-16(18(21)22)12-14-9-5-2-6-10-14/h1-12H,(H,19,20)(H,21,22). The fourth-order valence-corrected chi connectivity index (χ4v) is 1.79. The van der Waals surface area contributed by atoms with Crippen LogP contribution in [-0.2, 0) is 14.3 Å². The minimum atomic E-state index is -1.35. The van der Waals surface area contributed by atoms with E-state index in [1.54, 1.807) is 60.7 Å². The number of hydrogen-bond donors (Lipinski definition) is 2. The van der Waals surface area contributed by atoms with Gasteiger partial charge in [-0.05, 0) is 23.3 Å². The zero-order valence-electron chi connectivity index (χ0n) is 12.0. The Balaban J connectivity index is 2.33. The smallest absolute Gasteiger partial charge is 0.371 e. The Morgan fingerprint density at radius 3 is 1.35 bits per heavy atom. The predicted octanol–water partition coefficient (Wildman–Crippen LogP) is 3.25. The van der Waals surface area contributed by atoms with Crippen molar-refractivity contribution in [1.29, 1.82) is 0 Å². The summed E-state index contributed by atoms with van der Waals surface area (Å²) in [6.07, 6.45) is 2.54. The van der Waals surface area contributed by atoms with E-state index < -0.39 is 23.5 Å². The van der Waals surface area contributed by atoms with Gasteiger partial charge >= 0.3 is 11.9 Å². The maximum atomic E-state index is 11.3. The van der Waals surface area contributed by atoms with Crippen LogP contribution in [0, 0.1) is 0 Å². The molecule has 0 spiro atoms. The zero-order valence-corrected chi connectivity index (χ0v) is 12.0. The highest BCUT2D eigenvalue weighted by molar-refractivity contribution is 5.94. The molecule has 116 valence electrons. The second-order valence-electron chi connectivity index (χ2n) is 4.55. The number of rotatable bonds is 6. The van der Waals surface area contributed by atoms with E-state index in [1.165, 1.54) is 12.2 Å². The number of aliphatic carboxylic acids is 2. The normalized spacial score (nSPS) is 11.8. The Kier molecular flexibility index (Phi) is 5.30. The van der Waals surface area contributed by atoms with Gasteiger partial charge in [0, 0.05) is 0 Å². The monoisotopic (exact) mass is 310 g/mol. The number of ether oxygens (including phenoxy) is 1. The van der Waals surface area contributed by atoms with Crippen molar-refractivity contribution in [2.45, 2.75) is 0 Å². The van der Waals surface area contributed by atoms with Crippen molar-refractivity contribution in [3.8, 4) is 0 Å². The first-order valence-electron chi connectivity index (χ1n) is 6.74. The van der Waals surface area contributed by atoms with Gasteiger partial charge in [-0.3, -0.25) is 0 Å². The Labute approximate surface area is 132 Å². The van der Waals surface area contributed by atoms with Crippen molar-refractivity contribution in [1.82, 2.24) is 0 Å². The lowest BCUT2D eigenvalue weighted by Gasteiger charge is -2.07. The summed E-state index contributed by atoms with van der Waals surface area (Å²) < 4.78 is 5.10. The minimum Gasteiger partial charge on any atom is -0.475 e. The quantitative estimate of drug-likeness (QED) is 0.632. The van der Waals surface area contributed by atoms with Gasteiger partial charge in [0.25, 0.3) is 0 Å². The summed E-state index contributed by atoms with van der Waals surface area (Å²) in [6, 6.07) is 17.3. The van der Waals surface area contributed by atoms with Crippen LogP contribution in [0.1, 0.15) is 11.1 Å². The Morgan fingerprint density at radius 2 is 1.04 bits per heavy atom. The summed E-state index contributed by atoms with van der Waals surface area (Å²) >= 11 is 0. The lowest BCUT2D eigenvalue weighted by atomic mass is 10.2. The molecule has 0 aliphatic carbocycles.